The van der Waals surface area contributed by atoms with Gasteiger partial charge < -0.3 is 10.3 Å². The van der Waals surface area contributed by atoms with E-state index in [9.17, 15) is 0 Å². The van der Waals surface area contributed by atoms with Gasteiger partial charge in [0.15, 0.2) is 5.82 Å². The van der Waals surface area contributed by atoms with Crippen LogP contribution >= 0.6 is 11.3 Å². The number of thiazole rings is 1. The lowest BCUT2D eigenvalue weighted by molar-refractivity contribution is 0.423. The van der Waals surface area contributed by atoms with Crippen molar-refractivity contribution in [3.63, 3.8) is 0 Å². The fourth-order valence-electron chi connectivity index (χ4n) is 1.92. The summed E-state index contributed by atoms with van der Waals surface area (Å²) < 4.78 is 5.33. The Labute approximate surface area is 120 Å². The number of nitrogens with two attached hydrogens (primary N) is 1. The average molecular weight is 286 g/mol. The number of nitrogen functional groups attached to an aromatic ring is 1. The summed E-state index contributed by atoms with van der Waals surface area (Å²) in [5.74, 6) is 1.13. The predicted octanol–water partition coefficient (Wildman–Crippen LogP) is 2.98. The van der Waals surface area contributed by atoms with Gasteiger partial charge in [-0.2, -0.15) is 4.98 Å². The first kappa shape index (κ1) is 12.8. The quantitative estimate of drug-likeness (QED) is 0.749. The van der Waals surface area contributed by atoms with E-state index in [1.165, 1.54) is 0 Å². The van der Waals surface area contributed by atoms with Crippen molar-refractivity contribution in [2.45, 2.75) is 20.3 Å². The molecule has 102 valence electrons. The molecule has 20 heavy (non-hydrogen) atoms. The van der Waals surface area contributed by atoms with Crippen LogP contribution in [-0.4, -0.2) is 15.1 Å². The summed E-state index contributed by atoms with van der Waals surface area (Å²) >= 11 is 1.60. The number of nitrogens with zero attached hydrogens (tertiary/aromatic N) is 3. The van der Waals surface area contributed by atoms with E-state index in [-0.39, 0.29) is 0 Å². The van der Waals surface area contributed by atoms with Gasteiger partial charge in [-0.1, -0.05) is 11.2 Å². The Morgan fingerprint density at radius 1 is 1.25 bits per heavy atom. The van der Waals surface area contributed by atoms with E-state index < -0.39 is 0 Å². The highest BCUT2D eigenvalue weighted by molar-refractivity contribution is 7.09. The summed E-state index contributed by atoms with van der Waals surface area (Å²) in [5, 5.41) is 7.01. The Hall–Kier alpha value is -2.21. The molecule has 6 heteroatoms. The minimum absolute atomic E-state index is 0.498. The van der Waals surface area contributed by atoms with Crippen molar-refractivity contribution in [2.75, 3.05) is 5.73 Å². The monoisotopic (exact) mass is 286 g/mol. The predicted molar refractivity (Wildman–Crippen MR) is 78.5 cm³/mol. The molecule has 0 unspecified atom stereocenters. The highest BCUT2D eigenvalue weighted by Crippen LogP contribution is 2.24. The Morgan fingerprint density at radius 2 is 2.10 bits per heavy atom. The van der Waals surface area contributed by atoms with Gasteiger partial charge in [-0.15, -0.1) is 11.3 Å². The van der Waals surface area contributed by atoms with Crippen LogP contribution in [0.4, 0.5) is 5.69 Å². The van der Waals surface area contributed by atoms with E-state index in [4.69, 9.17) is 10.3 Å². The molecule has 1 aromatic carbocycles. The third kappa shape index (κ3) is 2.55. The fourth-order valence-corrected chi connectivity index (χ4v) is 2.69. The van der Waals surface area contributed by atoms with Crippen molar-refractivity contribution < 1.29 is 4.52 Å². The Kier molecular flexibility index (Phi) is 3.23. The molecule has 0 spiro atoms. The smallest absolute Gasteiger partial charge is 0.258 e. The molecule has 0 saturated heterocycles. The van der Waals surface area contributed by atoms with Gasteiger partial charge in [0.05, 0.1) is 6.42 Å². The lowest BCUT2D eigenvalue weighted by Gasteiger charge is -2.01. The van der Waals surface area contributed by atoms with Crippen molar-refractivity contribution in [1.82, 2.24) is 15.1 Å². The Bertz CT molecular complexity index is 747. The first-order valence-corrected chi connectivity index (χ1v) is 7.10. The van der Waals surface area contributed by atoms with E-state index in [0.29, 0.717) is 23.8 Å². The average Bonchev–Trinajstić information content (AvgIpc) is 3.02. The molecule has 2 N–H and O–H groups in total. The number of benzene rings is 1. The van der Waals surface area contributed by atoms with E-state index >= 15 is 0 Å². The van der Waals surface area contributed by atoms with Gasteiger partial charge in [0, 0.05) is 22.3 Å². The number of aryl methyl sites for hydroxylation is 2. The van der Waals surface area contributed by atoms with Crippen molar-refractivity contribution in [3.8, 4) is 11.5 Å². The highest BCUT2D eigenvalue weighted by Gasteiger charge is 2.13. The maximum atomic E-state index is 5.80. The first-order chi connectivity index (χ1) is 9.61. The first-order valence-electron chi connectivity index (χ1n) is 6.22. The summed E-state index contributed by atoms with van der Waals surface area (Å²) in [6.07, 6.45) is 0.587. The zero-order valence-electron chi connectivity index (χ0n) is 11.3. The summed E-state index contributed by atoms with van der Waals surface area (Å²) in [6, 6.07) is 5.65. The second-order valence-corrected chi connectivity index (χ2v) is 5.59. The molecule has 3 rings (SSSR count). The van der Waals surface area contributed by atoms with Crippen LogP contribution < -0.4 is 5.73 Å². The van der Waals surface area contributed by atoms with Crippen LogP contribution in [0.3, 0.4) is 0 Å². The molecule has 5 nitrogen and oxygen atoms in total. The third-order valence-corrected chi connectivity index (χ3v) is 3.90. The van der Waals surface area contributed by atoms with Crippen LogP contribution in [-0.2, 0) is 6.42 Å². The summed E-state index contributed by atoms with van der Waals surface area (Å²) in [5.41, 5.74) is 9.42. The fraction of sp³-hybridized carbons (Fsp3) is 0.214. The Balaban J connectivity index is 1.88. The van der Waals surface area contributed by atoms with E-state index in [1.807, 2.05) is 37.4 Å². The highest BCUT2D eigenvalue weighted by atomic mass is 32.1. The maximum Gasteiger partial charge on any atom is 0.258 e. The van der Waals surface area contributed by atoms with E-state index in [0.717, 1.165) is 21.8 Å². The molecule has 2 heterocycles. The molecule has 0 saturated carbocycles. The van der Waals surface area contributed by atoms with Crippen LogP contribution in [0.2, 0.25) is 0 Å². The van der Waals surface area contributed by atoms with Crippen molar-refractivity contribution in [1.29, 1.82) is 0 Å². The molecule has 2 aromatic heterocycles. The topological polar surface area (TPSA) is 77.8 Å². The van der Waals surface area contributed by atoms with Crippen LogP contribution in [0.1, 0.15) is 22.1 Å². The number of hydrogen-bond donors (Lipinski definition) is 1. The standard InChI is InChI=1S/C14H14N4OS/c1-8-3-4-10(15)5-11(8)14-17-12(18-19-14)6-13-16-9(2)7-20-13/h3-5,7H,6,15H2,1-2H3. The molecular formula is C14H14N4OS. The van der Waals surface area contributed by atoms with E-state index in [2.05, 4.69) is 15.1 Å². The molecule has 0 radical (unpaired) electrons. The lowest BCUT2D eigenvalue weighted by Crippen LogP contribution is -1.91. The van der Waals surface area contributed by atoms with Gasteiger partial charge in [-0.25, -0.2) is 4.98 Å². The van der Waals surface area contributed by atoms with Gasteiger partial charge >= 0.3 is 0 Å². The van der Waals surface area contributed by atoms with Crippen LogP contribution in [0, 0.1) is 13.8 Å². The minimum Gasteiger partial charge on any atom is -0.399 e. The lowest BCUT2D eigenvalue weighted by atomic mass is 10.1. The van der Waals surface area contributed by atoms with Gasteiger partial charge in [-0.05, 0) is 31.5 Å². The molecule has 0 aliphatic heterocycles. The van der Waals surface area contributed by atoms with Gasteiger partial charge in [0.2, 0.25) is 0 Å². The van der Waals surface area contributed by atoms with Crippen LogP contribution in [0.25, 0.3) is 11.5 Å². The Morgan fingerprint density at radius 3 is 2.85 bits per heavy atom. The van der Waals surface area contributed by atoms with Crippen molar-refractivity contribution in [3.05, 3.63) is 45.7 Å². The third-order valence-electron chi connectivity index (χ3n) is 2.94. The van der Waals surface area contributed by atoms with Crippen molar-refractivity contribution >= 4 is 17.0 Å². The zero-order chi connectivity index (χ0) is 14.1. The molecule has 0 bridgehead atoms. The largest absolute Gasteiger partial charge is 0.399 e. The van der Waals surface area contributed by atoms with Crippen LogP contribution in [0.5, 0.6) is 0 Å². The van der Waals surface area contributed by atoms with Crippen molar-refractivity contribution in [2.24, 2.45) is 0 Å². The summed E-state index contributed by atoms with van der Waals surface area (Å²) in [4.78, 5) is 8.82. The second-order valence-electron chi connectivity index (χ2n) is 4.65. The number of anilines is 1. The van der Waals surface area contributed by atoms with Gasteiger partial charge in [0.25, 0.3) is 5.89 Å². The summed E-state index contributed by atoms with van der Waals surface area (Å²) in [7, 11) is 0. The minimum atomic E-state index is 0.498. The van der Waals surface area contributed by atoms with Gasteiger partial charge in [0.1, 0.15) is 5.01 Å². The van der Waals surface area contributed by atoms with Gasteiger partial charge in [-0.3, -0.25) is 0 Å². The number of hydrogen-bond acceptors (Lipinski definition) is 6. The summed E-state index contributed by atoms with van der Waals surface area (Å²) in [6.45, 7) is 3.96. The second kappa shape index (κ2) is 5.05. The van der Waals surface area contributed by atoms with E-state index in [1.54, 1.807) is 11.3 Å². The molecule has 0 aliphatic carbocycles. The molecular weight excluding hydrogens is 272 g/mol. The molecule has 3 aromatic rings. The zero-order valence-corrected chi connectivity index (χ0v) is 12.1. The molecule has 0 fully saturated rings. The molecule has 0 amide bonds. The SMILES string of the molecule is Cc1csc(Cc2noc(-c3cc(N)ccc3C)n2)n1. The maximum absolute atomic E-state index is 5.80. The molecule has 0 atom stereocenters. The molecule has 0 aliphatic rings. The normalized spacial score (nSPS) is 10.9. The number of aromatic nitrogens is 3. The van der Waals surface area contributed by atoms with Crippen LogP contribution in [0.15, 0.2) is 28.1 Å². The number of rotatable bonds is 3.